The van der Waals surface area contributed by atoms with E-state index in [0.29, 0.717) is 5.92 Å². The van der Waals surface area contributed by atoms with Gasteiger partial charge in [-0.2, -0.15) is 4.98 Å². The van der Waals surface area contributed by atoms with Gasteiger partial charge in [0.05, 0.1) is 5.92 Å². The first-order chi connectivity index (χ1) is 8.88. The summed E-state index contributed by atoms with van der Waals surface area (Å²) in [4.78, 5) is 4.49. The molecule has 18 heavy (non-hydrogen) atoms. The molecule has 0 fully saturated rings. The molecule has 1 aromatic carbocycles. The Labute approximate surface area is 106 Å². The molecule has 1 unspecified atom stereocenters. The highest BCUT2D eigenvalue weighted by Crippen LogP contribution is 2.38. The molecule has 1 N–H and O–H groups in total. The molecule has 1 aliphatic rings. The van der Waals surface area contributed by atoms with E-state index in [4.69, 9.17) is 4.52 Å². The molecule has 94 valence electrons. The molecule has 4 heteroatoms. The Morgan fingerprint density at radius 3 is 3.11 bits per heavy atom. The second-order valence-electron chi connectivity index (χ2n) is 4.61. The van der Waals surface area contributed by atoms with Crippen LogP contribution < -0.4 is 5.32 Å². The van der Waals surface area contributed by atoms with E-state index in [2.05, 4.69) is 46.6 Å². The summed E-state index contributed by atoms with van der Waals surface area (Å²) in [5.74, 6) is 1.90. The van der Waals surface area contributed by atoms with Gasteiger partial charge in [0.2, 0.25) is 5.89 Å². The molecule has 2 aromatic rings. The van der Waals surface area contributed by atoms with Crippen molar-refractivity contribution in [2.45, 2.75) is 25.7 Å². The van der Waals surface area contributed by atoms with Gasteiger partial charge in [-0.1, -0.05) is 36.3 Å². The van der Waals surface area contributed by atoms with Crippen molar-refractivity contribution in [1.29, 1.82) is 0 Å². The van der Waals surface area contributed by atoms with Crippen molar-refractivity contribution in [2.75, 3.05) is 13.1 Å². The fourth-order valence-electron chi connectivity index (χ4n) is 2.37. The molecule has 1 aromatic heterocycles. The highest BCUT2D eigenvalue weighted by molar-refractivity contribution is 5.43. The lowest BCUT2D eigenvalue weighted by Crippen LogP contribution is -2.19. The maximum atomic E-state index is 5.28. The summed E-state index contributed by atoms with van der Waals surface area (Å²) in [5, 5.41) is 7.35. The van der Waals surface area contributed by atoms with Crippen molar-refractivity contribution in [2.24, 2.45) is 0 Å². The van der Waals surface area contributed by atoms with E-state index in [1.165, 1.54) is 11.1 Å². The Balaban J connectivity index is 1.68. The minimum atomic E-state index is 0.331. The van der Waals surface area contributed by atoms with E-state index in [-0.39, 0.29) is 0 Å². The molecule has 1 aliphatic carbocycles. The Morgan fingerprint density at radius 1 is 1.39 bits per heavy atom. The highest BCUT2D eigenvalue weighted by Gasteiger charge is 2.30. The number of aromatic nitrogens is 2. The molecule has 0 saturated carbocycles. The van der Waals surface area contributed by atoms with Crippen LogP contribution in [0.25, 0.3) is 0 Å². The summed E-state index contributed by atoms with van der Waals surface area (Å²) < 4.78 is 5.28. The predicted octanol–water partition coefficient (Wildman–Crippen LogP) is 1.91. The normalized spacial score (nSPS) is 17.3. The first-order valence-electron chi connectivity index (χ1n) is 6.49. The molecule has 3 rings (SSSR count). The SMILES string of the molecule is CCNCCc1nc(C2Cc3ccccc32)no1. The molecule has 4 nitrogen and oxygen atoms in total. The molecule has 1 atom stereocenters. The molecular formula is C14H17N3O. The Morgan fingerprint density at radius 2 is 2.28 bits per heavy atom. The fraction of sp³-hybridized carbons (Fsp3) is 0.429. The van der Waals surface area contributed by atoms with Crippen LogP contribution in [0.1, 0.15) is 35.7 Å². The lowest BCUT2D eigenvalue weighted by molar-refractivity contribution is 0.368. The molecule has 1 heterocycles. The monoisotopic (exact) mass is 243 g/mol. The number of fused-ring (bicyclic) bond motifs is 1. The van der Waals surface area contributed by atoms with Crippen LogP contribution >= 0.6 is 0 Å². The average Bonchev–Trinajstić information content (AvgIpc) is 2.80. The number of benzene rings is 1. The van der Waals surface area contributed by atoms with E-state index in [1.54, 1.807) is 0 Å². The van der Waals surface area contributed by atoms with Crippen LogP contribution in [0.15, 0.2) is 28.8 Å². The standard InChI is InChI=1S/C14H17N3O/c1-2-15-8-7-13-16-14(17-18-13)12-9-10-5-3-4-6-11(10)12/h3-6,12,15H,2,7-9H2,1H3. The lowest BCUT2D eigenvalue weighted by Gasteiger charge is -2.27. The number of nitrogens with one attached hydrogen (secondary N) is 1. The smallest absolute Gasteiger partial charge is 0.227 e. The quantitative estimate of drug-likeness (QED) is 0.815. The second kappa shape index (κ2) is 4.90. The summed E-state index contributed by atoms with van der Waals surface area (Å²) in [6, 6.07) is 8.46. The van der Waals surface area contributed by atoms with Crippen LogP contribution in [0.5, 0.6) is 0 Å². The molecular weight excluding hydrogens is 226 g/mol. The maximum Gasteiger partial charge on any atom is 0.227 e. The van der Waals surface area contributed by atoms with E-state index < -0.39 is 0 Å². The van der Waals surface area contributed by atoms with E-state index >= 15 is 0 Å². The Hall–Kier alpha value is -1.68. The summed E-state index contributed by atoms with van der Waals surface area (Å²) in [5.41, 5.74) is 2.75. The lowest BCUT2D eigenvalue weighted by atomic mass is 9.77. The molecule has 0 bridgehead atoms. The largest absolute Gasteiger partial charge is 0.339 e. The van der Waals surface area contributed by atoms with Crippen LogP contribution in [0.4, 0.5) is 0 Å². The molecule has 0 amide bonds. The number of hydrogen-bond donors (Lipinski definition) is 1. The summed E-state index contributed by atoms with van der Waals surface area (Å²) in [7, 11) is 0. The van der Waals surface area contributed by atoms with Gasteiger partial charge < -0.3 is 9.84 Å². The van der Waals surface area contributed by atoms with Gasteiger partial charge in [0, 0.05) is 13.0 Å². The van der Waals surface area contributed by atoms with Crippen LogP contribution in [0, 0.1) is 0 Å². The van der Waals surface area contributed by atoms with Crippen LogP contribution in [-0.2, 0) is 12.8 Å². The number of hydrogen-bond acceptors (Lipinski definition) is 4. The number of nitrogens with zero attached hydrogens (tertiary/aromatic N) is 2. The minimum Gasteiger partial charge on any atom is -0.339 e. The summed E-state index contributed by atoms with van der Waals surface area (Å²) in [6.07, 6.45) is 1.83. The molecule has 0 spiro atoms. The average molecular weight is 243 g/mol. The van der Waals surface area contributed by atoms with Gasteiger partial charge in [0.15, 0.2) is 5.82 Å². The molecule has 0 saturated heterocycles. The Bertz CT molecular complexity index is 535. The summed E-state index contributed by atoms with van der Waals surface area (Å²) in [6.45, 7) is 3.95. The topological polar surface area (TPSA) is 51.0 Å². The van der Waals surface area contributed by atoms with Crippen molar-refractivity contribution in [3.63, 3.8) is 0 Å². The van der Waals surface area contributed by atoms with Crippen LogP contribution in [0.3, 0.4) is 0 Å². The first-order valence-corrected chi connectivity index (χ1v) is 6.49. The third-order valence-electron chi connectivity index (χ3n) is 3.42. The van der Waals surface area contributed by atoms with Crippen molar-refractivity contribution < 1.29 is 4.52 Å². The van der Waals surface area contributed by atoms with Gasteiger partial charge in [0.1, 0.15) is 0 Å². The van der Waals surface area contributed by atoms with Gasteiger partial charge in [-0.25, -0.2) is 0 Å². The highest BCUT2D eigenvalue weighted by atomic mass is 16.5. The minimum absolute atomic E-state index is 0.331. The third-order valence-corrected chi connectivity index (χ3v) is 3.42. The zero-order valence-electron chi connectivity index (χ0n) is 10.5. The first kappa shape index (κ1) is 11.4. The van der Waals surface area contributed by atoms with Gasteiger partial charge in [-0.15, -0.1) is 0 Å². The van der Waals surface area contributed by atoms with Gasteiger partial charge in [-0.05, 0) is 24.1 Å². The van der Waals surface area contributed by atoms with E-state index in [0.717, 1.165) is 37.6 Å². The zero-order valence-corrected chi connectivity index (χ0v) is 10.5. The number of rotatable bonds is 5. The van der Waals surface area contributed by atoms with Gasteiger partial charge in [-0.3, -0.25) is 0 Å². The van der Waals surface area contributed by atoms with Gasteiger partial charge in [0.25, 0.3) is 0 Å². The molecule has 0 radical (unpaired) electrons. The van der Waals surface area contributed by atoms with Crippen molar-refractivity contribution in [3.8, 4) is 0 Å². The van der Waals surface area contributed by atoms with Crippen LogP contribution in [0.2, 0.25) is 0 Å². The third kappa shape index (κ3) is 2.04. The van der Waals surface area contributed by atoms with Crippen molar-refractivity contribution in [1.82, 2.24) is 15.5 Å². The maximum absolute atomic E-state index is 5.28. The second-order valence-corrected chi connectivity index (χ2v) is 4.61. The Kier molecular flexibility index (Phi) is 3.11. The number of likely N-dealkylation sites (N-methyl/N-ethyl adjacent to an activating group) is 1. The van der Waals surface area contributed by atoms with Crippen LogP contribution in [-0.4, -0.2) is 23.2 Å². The van der Waals surface area contributed by atoms with E-state index in [1.807, 2.05) is 0 Å². The predicted molar refractivity (Wildman–Crippen MR) is 68.5 cm³/mol. The van der Waals surface area contributed by atoms with Crippen molar-refractivity contribution in [3.05, 3.63) is 47.1 Å². The van der Waals surface area contributed by atoms with Crippen molar-refractivity contribution >= 4 is 0 Å². The fourth-order valence-corrected chi connectivity index (χ4v) is 2.37. The van der Waals surface area contributed by atoms with Gasteiger partial charge >= 0.3 is 0 Å². The summed E-state index contributed by atoms with van der Waals surface area (Å²) >= 11 is 0. The molecule has 0 aliphatic heterocycles. The van der Waals surface area contributed by atoms with E-state index in [9.17, 15) is 0 Å². The zero-order chi connectivity index (χ0) is 12.4.